The normalized spacial score (nSPS) is 15.8. The molecule has 0 radical (unpaired) electrons. The quantitative estimate of drug-likeness (QED) is 0.696. The summed E-state index contributed by atoms with van der Waals surface area (Å²) >= 11 is 0. The number of benzene rings is 1. The van der Waals surface area contributed by atoms with E-state index in [1.807, 2.05) is 42.2 Å². The van der Waals surface area contributed by atoms with E-state index in [4.69, 9.17) is 9.47 Å². The maximum absolute atomic E-state index is 13.4. The average Bonchev–Trinajstić information content (AvgIpc) is 3.05. The molecule has 2 aliphatic rings. The zero-order chi connectivity index (χ0) is 20.5. The summed E-state index contributed by atoms with van der Waals surface area (Å²) < 4.78 is 10.9. The summed E-state index contributed by atoms with van der Waals surface area (Å²) in [6.45, 7) is 3.72. The third-order valence-corrected chi connectivity index (χ3v) is 5.63. The zero-order valence-electron chi connectivity index (χ0n) is 17.0. The lowest BCUT2D eigenvalue weighted by Gasteiger charge is -2.22. The van der Waals surface area contributed by atoms with Crippen LogP contribution in [0.4, 0.5) is 11.4 Å². The Morgan fingerprint density at radius 3 is 2.67 bits per heavy atom. The maximum atomic E-state index is 13.4. The molecule has 0 unspecified atom stereocenters. The van der Waals surface area contributed by atoms with Gasteiger partial charge in [-0.1, -0.05) is 12.8 Å². The molecule has 2 aromatic heterocycles. The van der Waals surface area contributed by atoms with E-state index in [0.717, 1.165) is 54.1 Å². The summed E-state index contributed by atoms with van der Waals surface area (Å²) in [5.41, 5.74) is 3.60. The van der Waals surface area contributed by atoms with Crippen LogP contribution in [0.2, 0.25) is 0 Å². The van der Waals surface area contributed by atoms with Crippen LogP contribution in [-0.2, 0) is 0 Å². The molecule has 2 aliphatic heterocycles. The molecule has 1 saturated heterocycles. The number of nitrogens with zero attached hydrogens (tertiary/aromatic N) is 3. The Labute approximate surface area is 175 Å². The Morgan fingerprint density at radius 2 is 1.83 bits per heavy atom. The van der Waals surface area contributed by atoms with Gasteiger partial charge < -0.3 is 19.7 Å². The molecular formula is C23H24N4O3. The fourth-order valence-electron chi connectivity index (χ4n) is 4.03. The molecule has 0 spiro atoms. The Bertz CT molecular complexity index is 1110. The predicted molar refractivity (Wildman–Crippen MR) is 114 cm³/mol. The Balaban J connectivity index is 1.58. The van der Waals surface area contributed by atoms with Crippen LogP contribution in [-0.4, -0.2) is 40.7 Å². The average molecular weight is 404 g/mol. The predicted octanol–water partition coefficient (Wildman–Crippen LogP) is 4.43. The molecule has 3 aromatic rings. The van der Waals surface area contributed by atoms with E-state index < -0.39 is 0 Å². The summed E-state index contributed by atoms with van der Waals surface area (Å²) in [5, 5.41) is 4.26. The fraction of sp³-hybridized carbons (Fsp3) is 0.348. The monoisotopic (exact) mass is 404 g/mol. The summed E-state index contributed by atoms with van der Waals surface area (Å²) in [7, 11) is 0. The van der Waals surface area contributed by atoms with Crippen molar-refractivity contribution in [3.63, 3.8) is 0 Å². The Morgan fingerprint density at radius 1 is 1.03 bits per heavy atom. The molecular weight excluding hydrogens is 380 g/mol. The maximum Gasteiger partial charge on any atom is 0.257 e. The molecule has 1 N–H and O–H groups in total. The number of ether oxygens (including phenoxy) is 2. The lowest BCUT2D eigenvalue weighted by Crippen LogP contribution is -2.32. The van der Waals surface area contributed by atoms with E-state index in [-0.39, 0.29) is 12.7 Å². The summed E-state index contributed by atoms with van der Waals surface area (Å²) in [4.78, 5) is 24.4. The van der Waals surface area contributed by atoms with E-state index in [9.17, 15) is 4.79 Å². The number of aryl methyl sites for hydroxylation is 1. The number of carbonyl (C=O) groups is 1. The van der Waals surface area contributed by atoms with Crippen molar-refractivity contribution in [3.05, 3.63) is 47.8 Å². The highest BCUT2D eigenvalue weighted by atomic mass is 16.7. The van der Waals surface area contributed by atoms with Crippen molar-refractivity contribution in [2.45, 2.75) is 32.6 Å². The minimum absolute atomic E-state index is 0.00937. The molecule has 0 aliphatic carbocycles. The minimum Gasteiger partial charge on any atom is -0.454 e. The van der Waals surface area contributed by atoms with Gasteiger partial charge in [-0.15, -0.1) is 0 Å². The molecule has 30 heavy (non-hydrogen) atoms. The number of amides is 1. The highest BCUT2D eigenvalue weighted by molar-refractivity contribution is 6.07. The summed E-state index contributed by atoms with van der Waals surface area (Å²) in [6, 6.07) is 9.58. The first-order chi connectivity index (χ1) is 14.7. The van der Waals surface area contributed by atoms with Crippen molar-refractivity contribution in [1.29, 1.82) is 0 Å². The summed E-state index contributed by atoms with van der Waals surface area (Å²) in [5.74, 6) is 1.42. The van der Waals surface area contributed by atoms with Crippen LogP contribution >= 0.6 is 0 Å². The third kappa shape index (κ3) is 3.51. The SMILES string of the molecule is Cc1ccc2c(Nc3ccc4c(c3)OCO4)c(C(=O)N3CCCCCC3)cnc2n1. The molecule has 7 heteroatoms. The molecule has 5 rings (SSSR count). The van der Waals surface area contributed by atoms with Crippen molar-refractivity contribution in [2.75, 3.05) is 25.2 Å². The van der Waals surface area contributed by atoms with Gasteiger partial charge in [0, 0.05) is 42.1 Å². The standard InChI is InChI=1S/C23H24N4O3/c1-15-6-8-17-21(26-16-7-9-19-20(12-16)30-14-29-19)18(13-24-22(17)25-15)23(28)27-10-4-2-3-5-11-27/h6-9,12-13H,2-5,10-11,14H2,1H3,(H,24,25,26). The van der Waals surface area contributed by atoms with Crippen LogP contribution in [0.25, 0.3) is 11.0 Å². The van der Waals surface area contributed by atoms with Crippen LogP contribution in [0.1, 0.15) is 41.7 Å². The second kappa shape index (κ2) is 7.82. The number of carbonyl (C=O) groups excluding carboxylic acids is 1. The van der Waals surface area contributed by atoms with Gasteiger partial charge >= 0.3 is 0 Å². The fourth-order valence-corrected chi connectivity index (χ4v) is 4.03. The Hall–Kier alpha value is -3.35. The molecule has 4 heterocycles. The summed E-state index contributed by atoms with van der Waals surface area (Å²) in [6.07, 6.45) is 6.07. The molecule has 0 bridgehead atoms. The second-order valence-corrected chi connectivity index (χ2v) is 7.77. The highest BCUT2D eigenvalue weighted by Gasteiger charge is 2.23. The number of pyridine rings is 2. The molecule has 7 nitrogen and oxygen atoms in total. The van der Waals surface area contributed by atoms with Crippen molar-refractivity contribution in [1.82, 2.24) is 14.9 Å². The number of likely N-dealkylation sites (tertiary alicyclic amines) is 1. The number of anilines is 2. The van der Waals surface area contributed by atoms with E-state index in [1.165, 1.54) is 12.8 Å². The minimum atomic E-state index is 0.00937. The number of aromatic nitrogens is 2. The molecule has 1 amide bonds. The van der Waals surface area contributed by atoms with Crippen molar-refractivity contribution < 1.29 is 14.3 Å². The van der Waals surface area contributed by atoms with Crippen LogP contribution in [0.5, 0.6) is 11.5 Å². The van der Waals surface area contributed by atoms with Crippen molar-refractivity contribution >= 4 is 28.3 Å². The molecule has 0 atom stereocenters. The van der Waals surface area contributed by atoms with E-state index in [2.05, 4.69) is 15.3 Å². The van der Waals surface area contributed by atoms with Crippen molar-refractivity contribution in [3.8, 4) is 11.5 Å². The van der Waals surface area contributed by atoms with Gasteiger partial charge in [0.15, 0.2) is 17.1 Å². The lowest BCUT2D eigenvalue weighted by molar-refractivity contribution is 0.0762. The van der Waals surface area contributed by atoms with Crippen LogP contribution < -0.4 is 14.8 Å². The first kappa shape index (κ1) is 18.7. The Kier molecular flexibility index (Phi) is 4.86. The third-order valence-electron chi connectivity index (χ3n) is 5.63. The largest absolute Gasteiger partial charge is 0.454 e. The van der Waals surface area contributed by atoms with Crippen LogP contribution in [0.3, 0.4) is 0 Å². The number of rotatable bonds is 3. The van der Waals surface area contributed by atoms with Gasteiger partial charge in [-0.05, 0) is 44.0 Å². The van der Waals surface area contributed by atoms with Gasteiger partial charge in [0.1, 0.15) is 0 Å². The molecule has 154 valence electrons. The van der Waals surface area contributed by atoms with Crippen LogP contribution in [0, 0.1) is 6.92 Å². The zero-order valence-corrected chi connectivity index (χ0v) is 17.0. The smallest absolute Gasteiger partial charge is 0.257 e. The van der Waals surface area contributed by atoms with Gasteiger partial charge in [-0.2, -0.15) is 0 Å². The number of hydrogen-bond acceptors (Lipinski definition) is 6. The first-order valence-corrected chi connectivity index (χ1v) is 10.4. The topological polar surface area (TPSA) is 76.6 Å². The number of hydrogen-bond donors (Lipinski definition) is 1. The number of fused-ring (bicyclic) bond motifs is 2. The highest BCUT2D eigenvalue weighted by Crippen LogP contribution is 2.37. The molecule has 1 aromatic carbocycles. The second-order valence-electron chi connectivity index (χ2n) is 7.77. The molecule has 1 fully saturated rings. The van der Waals surface area contributed by atoms with Gasteiger partial charge in [-0.3, -0.25) is 4.79 Å². The van der Waals surface area contributed by atoms with E-state index in [1.54, 1.807) is 6.20 Å². The first-order valence-electron chi connectivity index (χ1n) is 10.4. The van der Waals surface area contributed by atoms with Gasteiger partial charge in [0.25, 0.3) is 5.91 Å². The van der Waals surface area contributed by atoms with Crippen LogP contribution in [0.15, 0.2) is 36.5 Å². The lowest BCUT2D eigenvalue weighted by atomic mass is 10.1. The number of nitrogens with one attached hydrogen (secondary N) is 1. The van der Waals surface area contributed by atoms with Gasteiger partial charge in [-0.25, -0.2) is 9.97 Å². The van der Waals surface area contributed by atoms with Gasteiger partial charge in [0.05, 0.1) is 11.3 Å². The molecule has 0 saturated carbocycles. The van der Waals surface area contributed by atoms with E-state index >= 15 is 0 Å². The van der Waals surface area contributed by atoms with Crippen molar-refractivity contribution in [2.24, 2.45) is 0 Å². The van der Waals surface area contributed by atoms with E-state index in [0.29, 0.717) is 17.0 Å². The van der Waals surface area contributed by atoms with Gasteiger partial charge in [0.2, 0.25) is 6.79 Å².